The van der Waals surface area contributed by atoms with E-state index in [4.69, 9.17) is 16.1 Å². The van der Waals surface area contributed by atoms with Crippen LogP contribution in [0.25, 0.3) is 11.4 Å². The molecule has 0 N–H and O–H groups in total. The van der Waals surface area contributed by atoms with Crippen LogP contribution >= 0.6 is 11.6 Å². The molecule has 26 heavy (non-hydrogen) atoms. The van der Waals surface area contributed by atoms with Gasteiger partial charge < -0.3 is 9.42 Å². The highest BCUT2D eigenvalue weighted by Gasteiger charge is 2.15. The van der Waals surface area contributed by atoms with Crippen molar-refractivity contribution in [3.63, 3.8) is 0 Å². The van der Waals surface area contributed by atoms with Gasteiger partial charge in [-0.05, 0) is 25.0 Å². The molecule has 1 aromatic heterocycles. The lowest BCUT2D eigenvalue weighted by atomic mass is 10.1. The fourth-order valence-electron chi connectivity index (χ4n) is 2.56. The van der Waals surface area contributed by atoms with E-state index in [0.29, 0.717) is 29.6 Å². The quantitative estimate of drug-likeness (QED) is 0.650. The molecule has 0 saturated carbocycles. The molecule has 3 aromatic rings. The first-order valence-corrected chi connectivity index (χ1v) is 8.78. The molecule has 1 heterocycles. The van der Waals surface area contributed by atoms with Gasteiger partial charge in [-0.15, -0.1) is 0 Å². The maximum atomic E-state index is 12.3. The van der Waals surface area contributed by atoms with Gasteiger partial charge in [0.05, 0.1) is 6.54 Å². The van der Waals surface area contributed by atoms with Crippen molar-refractivity contribution in [2.24, 2.45) is 0 Å². The number of halogens is 1. The van der Waals surface area contributed by atoms with Crippen LogP contribution in [0.2, 0.25) is 5.02 Å². The van der Waals surface area contributed by atoms with Gasteiger partial charge in [-0.1, -0.05) is 64.8 Å². The molecule has 3 rings (SSSR count). The maximum Gasteiger partial charge on any atom is 0.246 e. The minimum atomic E-state index is 0.00000522. The number of aromatic nitrogens is 2. The van der Waals surface area contributed by atoms with Gasteiger partial charge in [-0.25, -0.2) is 0 Å². The van der Waals surface area contributed by atoms with E-state index in [1.165, 1.54) is 5.56 Å². The Balaban J connectivity index is 1.57. The van der Waals surface area contributed by atoms with Crippen LogP contribution in [0.15, 0.2) is 53.1 Å². The average Bonchev–Trinajstić information content (AvgIpc) is 3.09. The molecule has 0 fully saturated rings. The van der Waals surface area contributed by atoms with E-state index in [1.54, 1.807) is 11.9 Å². The summed E-state index contributed by atoms with van der Waals surface area (Å²) in [5, 5.41) is 4.68. The molecule has 5 nitrogen and oxygen atoms in total. The molecule has 2 aromatic carbocycles. The number of rotatable bonds is 6. The summed E-state index contributed by atoms with van der Waals surface area (Å²) in [5.41, 5.74) is 3.02. The Bertz CT molecular complexity index is 890. The highest BCUT2D eigenvalue weighted by atomic mass is 35.5. The first-order valence-electron chi connectivity index (χ1n) is 8.40. The summed E-state index contributed by atoms with van der Waals surface area (Å²) in [6.45, 7) is 2.30. The Labute approximate surface area is 157 Å². The van der Waals surface area contributed by atoms with Crippen LogP contribution in [-0.4, -0.2) is 28.0 Å². The third-order valence-electron chi connectivity index (χ3n) is 4.14. The molecule has 134 valence electrons. The van der Waals surface area contributed by atoms with Crippen molar-refractivity contribution < 1.29 is 9.32 Å². The van der Waals surface area contributed by atoms with Crippen molar-refractivity contribution in [1.29, 1.82) is 0 Å². The average molecular weight is 370 g/mol. The van der Waals surface area contributed by atoms with E-state index in [9.17, 15) is 4.79 Å². The summed E-state index contributed by atoms with van der Waals surface area (Å²) in [6.07, 6.45) is 0.973. The van der Waals surface area contributed by atoms with Crippen LogP contribution in [0.4, 0.5) is 0 Å². The number of hydrogen-bond acceptors (Lipinski definition) is 4. The molecule has 0 aliphatic heterocycles. The van der Waals surface area contributed by atoms with Crippen molar-refractivity contribution >= 4 is 17.5 Å². The first-order chi connectivity index (χ1) is 12.5. The molecule has 0 saturated heterocycles. The van der Waals surface area contributed by atoms with E-state index in [0.717, 1.165) is 11.1 Å². The maximum absolute atomic E-state index is 12.3. The molecule has 6 heteroatoms. The Hall–Kier alpha value is -2.66. The van der Waals surface area contributed by atoms with Crippen LogP contribution in [-0.2, 0) is 17.8 Å². The first kappa shape index (κ1) is 18.1. The van der Waals surface area contributed by atoms with Crippen molar-refractivity contribution in [3.8, 4) is 11.4 Å². The predicted molar refractivity (Wildman–Crippen MR) is 101 cm³/mol. The zero-order valence-electron chi connectivity index (χ0n) is 14.8. The highest BCUT2D eigenvalue weighted by molar-refractivity contribution is 6.31. The van der Waals surface area contributed by atoms with Gasteiger partial charge in [0.2, 0.25) is 17.6 Å². The summed E-state index contributed by atoms with van der Waals surface area (Å²) in [4.78, 5) is 18.3. The molecule has 0 atom stereocenters. The van der Waals surface area contributed by atoms with Crippen LogP contribution in [0.1, 0.15) is 23.4 Å². The Kier molecular flexibility index (Phi) is 5.68. The molecular weight excluding hydrogens is 350 g/mol. The molecule has 0 spiro atoms. The zero-order valence-corrected chi connectivity index (χ0v) is 15.5. The highest BCUT2D eigenvalue weighted by Crippen LogP contribution is 2.18. The van der Waals surface area contributed by atoms with Gasteiger partial charge in [0.1, 0.15) is 0 Å². The topological polar surface area (TPSA) is 59.2 Å². The number of benzene rings is 2. The normalized spacial score (nSPS) is 10.7. The Morgan fingerprint density at radius 2 is 1.88 bits per heavy atom. The van der Waals surface area contributed by atoms with Crippen LogP contribution < -0.4 is 0 Å². The minimum absolute atomic E-state index is 0.00000522. The number of carbonyl (C=O) groups is 1. The third-order valence-corrected chi connectivity index (χ3v) is 4.51. The molecule has 0 unspecified atom stereocenters. The molecular formula is C20H20ClN3O2. The van der Waals surface area contributed by atoms with Gasteiger partial charge in [0.25, 0.3) is 0 Å². The number of carbonyl (C=O) groups excluding carboxylic acids is 1. The van der Waals surface area contributed by atoms with Crippen molar-refractivity contribution in [3.05, 3.63) is 70.6 Å². The second kappa shape index (κ2) is 8.15. The largest absolute Gasteiger partial charge is 0.337 e. The van der Waals surface area contributed by atoms with Crippen molar-refractivity contribution in [1.82, 2.24) is 15.0 Å². The Morgan fingerprint density at radius 1 is 1.15 bits per heavy atom. The van der Waals surface area contributed by atoms with Crippen molar-refractivity contribution in [2.75, 3.05) is 7.05 Å². The lowest BCUT2D eigenvalue weighted by molar-refractivity contribution is -0.130. The van der Waals surface area contributed by atoms with Gasteiger partial charge in [0, 0.05) is 24.1 Å². The summed E-state index contributed by atoms with van der Waals surface area (Å²) >= 11 is 6.13. The lowest BCUT2D eigenvalue weighted by Crippen LogP contribution is -2.26. The number of hydrogen-bond donors (Lipinski definition) is 0. The van der Waals surface area contributed by atoms with Gasteiger partial charge in [-0.2, -0.15) is 4.98 Å². The van der Waals surface area contributed by atoms with Gasteiger partial charge in [0.15, 0.2) is 0 Å². The fourth-order valence-corrected chi connectivity index (χ4v) is 2.79. The summed E-state index contributed by atoms with van der Waals surface area (Å²) in [7, 11) is 1.73. The second-order valence-electron chi connectivity index (χ2n) is 6.22. The van der Waals surface area contributed by atoms with Crippen LogP contribution in [0.5, 0.6) is 0 Å². The van der Waals surface area contributed by atoms with E-state index in [1.807, 2.05) is 55.5 Å². The lowest BCUT2D eigenvalue weighted by Gasteiger charge is -2.14. The third kappa shape index (κ3) is 4.49. The number of nitrogens with zero attached hydrogens (tertiary/aromatic N) is 3. The standard InChI is InChI=1S/C20H20ClN3O2/c1-14-7-9-16(10-8-14)20-22-18(26-23-20)13-24(2)19(25)12-11-15-5-3-4-6-17(15)21/h3-10H,11-13H2,1-2H3. The smallest absolute Gasteiger partial charge is 0.246 e. The monoisotopic (exact) mass is 369 g/mol. The predicted octanol–water partition coefficient (Wildman–Crippen LogP) is 4.29. The SMILES string of the molecule is Cc1ccc(-c2noc(CN(C)C(=O)CCc3ccccc3Cl)n2)cc1. The van der Waals surface area contributed by atoms with Crippen molar-refractivity contribution in [2.45, 2.75) is 26.3 Å². The number of aryl methyl sites for hydroxylation is 2. The van der Waals surface area contributed by atoms with E-state index < -0.39 is 0 Å². The van der Waals surface area contributed by atoms with Crippen LogP contribution in [0, 0.1) is 6.92 Å². The van der Waals surface area contributed by atoms with E-state index in [2.05, 4.69) is 10.1 Å². The Morgan fingerprint density at radius 3 is 2.62 bits per heavy atom. The minimum Gasteiger partial charge on any atom is -0.337 e. The van der Waals surface area contributed by atoms with Gasteiger partial charge >= 0.3 is 0 Å². The molecule has 1 amide bonds. The van der Waals surface area contributed by atoms with E-state index >= 15 is 0 Å². The fraction of sp³-hybridized carbons (Fsp3) is 0.250. The number of amides is 1. The second-order valence-corrected chi connectivity index (χ2v) is 6.63. The molecule has 0 aliphatic carbocycles. The summed E-state index contributed by atoms with van der Waals surface area (Å²) in [5.74, 6) is 0.936. The van der Waals surface area contributed by atoms with Gasteiger partial charge in [-0.3, -0.25) is 4.79 Å². The summed E-state index contributed by atoms with van der Waals surface area (Å²) in [6, 6.07) is 15.4. The zero-order chi connectivity index (χ0) is 18.5. The van der Waals surface area contributed by atoms with Crippen LogP contribution in [0.3, 0.4) is 0 Å². The molecule has 0 aliphatic rings. The summed E-state index contributed by atoms with van der Waals surface area (Å²) < 4.78 is 5.28. The molecule has 0 radical (unpaired) electrons. The van der Waals surface area contributed by atoms with E-state index in [-0.39, 0.29) is 12.5 Å². The molecule has 0 bridgehead atoms.